The summed E-state index contributed by atoms with van der Waals surface area (Å²) in [7, 11) is 0. The van der Waals surface area contributed by atoms with E-state index < -0.39 is 0 Å². The number of nitriles is 1. The van der Waals surface area contributed by atoms with Crippen LogP contribution >= 0.6 is 0 Å². The quantitative estimate of drug-likeness (QED) is 0.763. The van der Waals surface area contributed by atoms with E-state index in [1.54, 1.807) is 0 Å². The number of nitrogens with one attached hydrogen (secondary N) is 2. The molecule has 4 rings (SSSR count). The van der Waals surface area contributed by atoms with Gasteiger partial charge in [0.1, 0.15) is 0 Å². The SMILES string of the molecule is N#CCCNC(=O)NCC12CC3CC(CC(C3)C1)C2. The lowest BCUT2D eigenvalue weighted by Crippen LogP contribution is -2.52. The summed E-state index contributed by atoms with van der Waals surface area (Å²) in [5.41, 5.74) is 0.390. The molecule has 2 N–H and O–H groups in total. The maximum atomic E-state index is 11.7. The van der Waals surface area contributed by atoms with Crippen molar-refractivity contribution in [3.63, 3.8) is 0 Å². The van der Waals surface area contributed by atoms with E-state index in [1.807, 2.05) is 6.07 Å². The fraction of sp³-hybridized carbons (Fsp3) is 0.867. The maximum absolute atomic E-state index is 11.7. The lowest BCUT2D eigenvalue weighted by molar-refractivity contribution is -0.0498. The molecule has 4 aliphatic rings. The molecule has 4 nitrogen and oxygen atoms in total. The predicted molar refractivity (Wildman–Crippen MR) is 72.2 cm³/mol. The van der Waals surface area contributed by atoms with E-state index in [0.717, 1.165) is 24.3 Å². The van der Waals surface area contributed by atoms with Crippen molar-refractivity contribution in [3.05, 3.63) is 0 Å². The molecule has 0 atom stereocenters. The van der Waals surface area contributed by atoms with Crippen LogP contribution in [0.25, 0.3) is 0 Å². The highest BCUT2D eigenvalue weighted by atomic mass is 16.2. The van der Waals surface area contributed by atoms with Crippen LogP contribution in [0.2, 0.25) is 0 Å². The third-order valence-corrected chi connectivity index (χ3v) is 5.31. The molecule has 0 radical (unpaired) electrons. The Labute approximate surface area is 114 Å². The standard InChI is InChI=1S/C15H23N3O/c16-2-1-3-17-14(19)18-10-15-7-11-4-12(8-15)6-13(5-11)9-15/h11-13H,1,3-10H2,(H2,17,18,19). The van der Waals surface area contributed by atoms with Crippen molar-refractivity contribution in [1.82, 2.24) is 10.6 Å². The van der Waals surface area contributed by atoms with Crippen molar-refractivity contribution in [1.29, 1.82) is 5.26 Å². The van der Waals surface area contributed by atoms with Crippen molar-refractivity contribution in [2.75, 3.05) is 13.1 Å². The van der Waals surface area contributed by atoms with Gasteiger partial charge in [0.2, 0.25) is 0 Å². The summed E-state index contributed by atoms with van der Waals surface area (Å²) in [5, 5.41) is 14.2. The molecule has 0 heterocycles. The molecule has 0 aromatic heterocycles. The topological polar surface area (TPSA) is 64.9 Å². The van der Waals surface area contributed by atoms with E-state index in [4.69, 9.17) is 5.26 Å². The summed E-state index contributed by atoms with van der Waals surface area (Å²) >= 11 is 0. The maximum Gasteiger partial charge on any atom is 0.314 e. The minimum Gasteiger partial charge on any atom is -0.338 e. The summed E-state index contributed by atoms with van der Waals surface area (Å²) in [6.07, 6.45) is 8.64. The summed E-state index contributed by atoms with van der Waals surface area (Å²) in [6.45, 7) is 1.28. The summed E-state index contributed by atoms with van der Waals surface area (Å²) in [4.78, 5) is 11.7. The zero-order chi connectivity index (χ0) is 13.3. The van der Waals surface area contributed by atoms with Crippen LogP contribution in [0.15, 0.2) is 0 Å². The first-order valence-corrected chi connectivity index (χ1v) is 7.58. The first-order chi connectivity index (χ1) is 9.19. The fourth-order valence-electron chi connectivity index (χ4n) is 5.07. The van der Waals surface area contributed by atoms with Gasteiger partial charge in [0, 0.05) is 13.1 Å². The van der Waals surface area contributed by atoms with Gasteiger partial charge in [-0.15, -0.1) is 0 Å². The van der Waals surface area contributed by atoms with Crippen molar-refractivity contribution < 1.29 is 4.79 Å². The smallest absolute Gasteiger partial charge is 0.314 e. The Kier molecular flexibility index (Phi) is 3.38. The highest BCUT2D eigenvalue weighted by Gasteiger charge is 2.50. The molecule has 19 heavy (non-hydrogen) atoms. The van der Waals surface area contributed by atoms with Gasteiger partial charge in [-0.1, -0.05) is 0 Å². The highest BCUT2D eigenvalue weighted by molar-refractivity contribution is 5.73. The largest absolute Gasteiger partial charge is 0.338 e. The molecule has 2 amide bonds. The van der Waals surface area contributed by atoms with E-state index in [-0.39, 0.29) is 6.03 Å². The molecule has 4 saturated carbocycles. The van der Waals surface area contributed by atoms with Crippen LogP contribution < -0.4 is 10.6 Å². The van der Waals surface area contributed by atoms with Gasteiger partial charge < -0.3 is 10.6 Å². The van der Waals surface area contributed by atoms with Crippen LogP contribution in [0, 0.1) is 34.5 Å². The minimum absolute atomic E-state index is 0.106. The number of urea groups is 1. The second kappa shape index (κ2) is 5.03. The van der Waals surface area contributed by atoms with Gasteiger partial charge >= 0.3 is 6.03 Å². The van der Waals surface area contributed by atoms with Crippen LogP contribution in [0.5, 0.6) is 0 Å². The molecule has 104 valence electrons. The van der Waals surface area contributed by atoms with Crippen LogP contribution in [0.3, 0.4) is 0 Å². The van der Waals surface area contributed by atoms with Gasteiger partial charge in [0.15, 0.2) is 0 Å². The number of hydrogen-bond acceptors (Lipinski definition) is 2. The second-order valence-corrected chi connectivity index (χ2v) is 6.94. The molecule has 4 heteroatoms. The van der Waals surface area contributed by atoms with E-state index >= 15 is 0 Å². The minimum atomic E-state index is -0.106. The molecule has 0 aromatic rings. The molecule has 4 aliphatic carbocycles. The van der Waals surface area contributed by atoms with Gasteiger partial charge in [0.05, 0.1) is 12.5 Å². The molecular weight excluding hydrogens is 238 g/mol. The van der Waals surface area contributed by atoms with Crippen molar-refractivity contribution in [3.8, 4) is 6.07 Å². The van der Waals surface area contributed by atoms with Crippen LogP contribution in [0.1, 0.15) is 44.9 Å². The zero-order valence-electron chi connectivity index (χ0n) is 11.5. The Balaban J connectivity index is 1.50. The normalized spacial score (nSPS) is 38.8. The number of nitrogens with zero attached hydrogens (tertiary/aromatic N) is 1. The van der Waals surface area contributed by atoms with Gasteiger partial charge in [-0.2, -0.15) is 5.26 Å². The van der Waals surface area contributed by atoms with E-state index in [1.165, 1.54) is 38.5 Å². The third kappa shape index (κ3) is 2.70. The first kappa shape index (κ1) is 12.8. The van der Waals surface area contributed by atoms with Crippen LogP contribution in [-0.4, -0.2) is 19.1 Å². The Morgan fingerprint density at radius 3 is 2.21 bits per heavy atom. The Morgan fingerprint density at radius 1 is 1.11 bits per heavy atom. The van der Waals surface area contributed by atoms with E-state index in [2.05, 4.69) is 10.6 Å². The summed E-state index contributed by atoms with van der Waals surface area (Å²) in [5.74, 6) is 2.78. The van der Waals surface area contributed by atoms with Crippen LogP contribution in [-0.2, 0) is 0 Å². The van der Waals surface area contributed by atoms with Crippen molar-refractivity contribution >= 4 is 6.03 Å². The summed E-state index contributed by atoms with van der Waals surface area (Å²) in [6, 6.07) is 1.93. The Morgan fingerprint density at radius 2 is 1.68 bits per heavy atom. The van der Waals surface area contributed by atoms with Crippen LogP contribution in [0.4, 0.5) is 4.79 Å². The third-order valence-electron chi connectivity index (χ3n) is 5.31. The molecule has 4 fully saturated rings. The van der Waals surface area contributed by atoms with E-state index in [9.17, 15) is 4.79 Å². The number of hydrogen-bond donors (Lipinski definition) is 2. The van der Waals surface area contributed by atoms with Crippen molar-refractivity contribution in [2.45, 2.75) is 44.9 Å². The second-order valence-electron chi connectivity index (χ2n) is 6.94. The van der Waals surface area contributed by atoms with Crippen molar-refractivity contribution in [2.24, 2.45) is 23.2 Å². The average molecular weight is 261 g/mol. The molecule has 0 unspecified atom stereocenters. The Hall–Kier alpha value is -1.24. The summed E-state index contributed by atoms with van der Waals surface area (Å²) < 4.78 is 0. The molecular formula is C15H23N3O. The van der Waals surface area contributed by atoms with Gasteiger partial charge in [-0.05, 0) is 61.7 Å². The first-order valence-electron chi connectivity index (χ1n) is 7.58. The molecule has 0 spiro atoms. The monoisotopic (exact) mass is 261 g/mol. The highest BCUT2D eigenvalue weighted by Crippen LogP contribution is 2.59. The fourth-order valence-corrected chi connectivity index (χ4v) is 5.07. The zero-order valence-corrected chi connectivity index (χ0v) is 11.5. The number of rotatable bonds is 4. The number of carbonyl (C=O) groups excluding carboxylic acids is 1. The lowest BCUT2D eigenvalue weighted by atomic mass is 9.49. The molecule has 0 saturated heterocycles. The predicted octanol–water partition coefficient (Wildman–Crippen LogP) is 2.42. The molecule has 0 aliphatic heterocycles. The molecule has 0 aromatic carbocycles. The lowest BCUT2D eigenvalue weighted by Gasteiger charge is -2.56. The van der Waals surface area contributed by atoms with Gasteiger partial charge in [0.25, 0.3) is 0 Å². The Bertz CT molecular complexity index is 363. The molecule has 4 bridgehead atoms. The average Bonchev–Trinajstić information content (AvgIpc) is 2.35. The van der Waals surface area contributed by atoms with Gasteiger partial charge in [-0.3, -0.25) is 0 Å². The van der Waals surface area contributed by atoms with Gasteiger partial charge in [-0.25, -0.2) is 4.79 Å². The van der Waals surface area contributed by atoms with E-state index in [0.29, 0.717) is 18.4 Å². The number of carbonyl (C=O) groups is 1. The number of amides is 2.